The van der Waals surface area contributed by atoms with Crippen LogP contribution in [0.5, 0.6) is 5.75 Å². The lowest BCUT2D eigenvalue weighted by atomic mass is 9.96. The highest BCUT2D eigenvalue weighted by atomic mass is 32.1. The molecule has 5 rings (SSSR count). The summed E-state index contributed by atoms with van der Waals surface area (Å²) in [5, 5.41) is 15.6. The lowest BCUT2D eigenvalue weighted by Gasteiger charge is -2.30. The van der Waals surface area contributed by atoms with Crippen LogP contribution in [0.1, 0.15) is 41.1 Å². The average molecular weight is 551 g/mol. The van der Waals surface area contributed by atoms with E-state index in [2.05, 4.69) is 37.7 Å². The molecule has 1 N–H and O–H groups in total. The van der Waals surface area contributed by atoms with E-state index in [1.54, 1.807) is 6.07 Å². The van der Waals surface area contributed by atoms with Gasteiger partial charge < -0.3 is 24.3 Å². The fourth-order valence-electron chi connectivity index (χ4n) is 5.70. The SMILES string of the molecule is COc1cc([N+](=O)[O-])ccc1-n1c(C)cc(C2C(c3ccccn3)NC(=S)N2CCCN2CCOCC2)c1C. The number of hydrogen-bond donors (Lipinski definition) is 1. The number of hydrogen-bond acceptors (Lipinski definition) is 7. The zero-order chi connectivity index (χ0) is 27.5. The molecule has 0 saturated carbocycles. The molecule has 10 nitrogen and oxygen atoms in total. The molecule has 206 valence electrons. The fourth-order valence-corrected chi connectivity index (χ4v) is 6.03. The van der Waals surface area contributed by atoms with Crippen LogP contribution in [0.25, 0.3) is 5.69 Å². The highest BCUT2D eigenvalue weighted by Crippen LogP contribution is 2.42. The number of aromatic nitrogens is 2. The van der Waals surface area contributed by atoms with E-state index in [0.717, 1.165) is 79.3 Å². The summed E-state index contributed by atoms with van der Waals surface area (Å²) in [5.41, 5.74) is 4.83. The minimum atomic E-state index is -0.412. The van der Waals surface area contributed by atoms with Crippen molar-refractivity contribution < 1.29 is 14.4 Å². The minimum absolute atomic E-state index is 0.00899. The van der Waals surface area contributed by atoms with Gasteiger partial charge in [0.1, 0.15) is 5.75 Å². The molecule has 2 atom stereocenters. The number of methoxy groups -OCH3 is 1. The Morgan fingerprint density at radius 2 is 1.97 bits per heavy atom. The van der Waals surface area contributed by atoms with Gasteiger partial charge in [-0.05, 0) is 62.3 Å². The third kappa shape index (κ3) is 5.47. The molecule has 3 aromatic rings. The lowest BCUT2D eigenvalue weighted by molar-refractivity contribution is -0.384. The molecule has 4 heterocycles. The molecule has 39 heavy (non-hydrogen) atoms. The van der Waals surface area contributed by atoms with Crippen molar-refractivity contribution in [3.05, 3.63) is 81.4 Å². The first-order chi connectivity index (χ1) is 18.9. The number of nitrogens with zero attached hydrogens (tertiary/aromatic N) is 5. The largest absolute Gasteiger partial charge is 0.494 e. The van der Waals surface area contributed by atoms with E-state index < -0.39 is 4.92 Å². The summed E-state index contributed by atoms with van der Waals surface area (Å²) < 4.78 is 13.2. The summed E-state index contributed by atoms with van der Waals surface area (Å²) in [6.45, 7) is 9.40. The molecule has 0 spiro atoms. The van der Waals surface area contributed by atoms with Crippen LogP contribution in [0, 0.1) is 24.0 Å². The van der Waals surface area contributed by atoms with Gasteiger partial charge in [0, 0.05) is 49.8 Å². The van der Waals surface area contributed by atoms with E-state index in [0.29, 0.717) is 5.75 Å². The number of pyridine rings is 1. The van der Waals surface area contributed by atoms with Gasteiger partial charge in [-0.15, -0.1) is 0 Å². The molecule has 0 bridgehead atoms. The highest BCUT2D eigenvalue weighted by molar-refractivity contribution is 7.80. The molecule has 1 aromatic carbocycles. The normalized spacial score (nSPS) is 19.8. The molecule has 2 fully saturated rings. The maximum Gasteiger partial charge on any atom is 0.273 e. The van der Waals surface area contributed by atoms with Crippen LogP contribution >= 0.6 is 12.2 Å². The summed E-state index contributed by atoms with van der Waals surface area (Å²) >= 11 is 5.88. The molecule has 2 saturated heterocycles. The Morgan fingerprint density at radius 1 is 1.18 bits per heavy atom. The van der Waals surface area contributed by atoms with E-state index in [4.69, 9.17) is 21.7 Å². The number of aryl methyl sites for hydroxylation is 1. The van der Waals surface area contributed by atoms with Crippen molar-refractivity contribution in [1.82, 2.24) is 24.7 Å². The Balaban J connectivity index is 1.51. The fraction of sp³-hybridized carbons (Fsp3) is 0.429. The van der Waals surface area contributed by atoms with Crippen molar-refractivity contribution in [2.24, 2.45) is 0 Å². The van der Waals surface area contributed by atoms with E-state index in [1.807, 2.05) is 31.3 Å². The number of ether oxygens (including phenoxy) is 2. The van der Waals surface area contributed by atoms with Crippen LogP contribution in [-0.4, -0.2) is 75.9 Å². The number of nitro groups is 1. The van der Waals surface area contributed by atoms with E-state index in [1.165, 1.54) is 19.2 Å². The van der Waals surface area contributed by atoms with Gasteiger partial charge in [-0.1, -0.05) is 6.07 Å². The van der Waals surface area contributed by atoms with Gasteiger partial charge in [-0.3, -0.25) is 20.0 Å². The zero-order valence-corrected chi connectivity index (χ0v) is 23.3. The first kappa shape index (κ1) is 27.0. The molecule has 11 heteroatoms. The topological polar surface area (TPSA) is 97.9 Å². The van der Waals surface area contributed by atoms with E-state index in [-0.39, 0.29) is 17.8 Å². The van der Waals surface area contributed by atoms with Crippen molar-refractivity contribution in [2.45, 2.75) is 32.4 Å². The Morgan fingerprint density at radius 3 is 2.67 bits per heavy atom. The van der Waals surface area contributed by atoms with E-state index >= 15 is 0 Å². The maximum absolute atomic E-state index is 11.4. The number of nitro benzene ring substituents is 1. The summed E-state index contributed by atoms with van der Waals surface area (Å²) in [6.07, 6.45) is 2.78. The van der Waals surface area contributed by atoms with Crippen molar-refractivity contribution in [2.75, 3.05) is 46.5 Å². The standard InChI is InChI=1S/C28H34N6O4S/c1-19-17-22(20(2)33(19)24-9-8-21(34(35)36)18-25(24)37-3)27-26(23-7-4-5-10-29-23)30-28(39)32(27)12-6-11-31-13-15-38-16-14-31/h4-5,7-10,17-18,26-27H,6,11-16H2,1-3H3,(H,30,39). The Kier molecular flexibility index (Phi) is 8.10. The molecular formula is C28H34N6O4S. The molecule has 2 aromatic heterocycles. The second-order valence-corrected chi connectivity index (χ2v) is 10.3. The number of benzene rings is 1. The first-order valence-corrected chi connectivity index (χ1v) is 13.6. The predicted molar refractivity (Wildman–Crippen MR) is 152 cm³/mol. The Hall–Kier alpha value is -3.54. The van der Waals surface area contributed by atoms with Crippen LogP contribution in [-0.2, 0) is 4.74 Å². The van der Waals surface area contributed by atoms with Gasteiger partial charge >= 0.3 is 0 Å². The summed E-state index contributed by atoms with van der Waals surface area (Å²) in [7, 11) is 1.53. The van der Waals surface area contributed by atoms with Gasteiger partial charge in [0.25, 0.3) is 5.69 Å². The third-order valence-corrected chi connectivity index (χ3v) is 7.93. The molecular weight excluding hydrogens is 516 g/mol. The maximum atomic E-state index is 11.4. The number of rotatable bonds is 9. The van der Waals surface area contributed by atoms with Crippen molar-refractivity contribution >= 4 is 23.0 Å². The molecule has 2 aliphatic rings. The molecule has 0 radical (unpaired) electrons. The second kappa shape index (κ2) is 11.7. The molecule has 2 unspecified atom stereocenters. The van der Waals surface area contributed by atoms with Crippen LogP contribution in [0.3, 0.4) is 0 Å². The monoisotopic (exact) mass is 550 g/mol. The van der Waals surface area contributed by atoms with E-state index in [9.17, 15) is 10.1 Å². The summed E-state index contributed by atoms with van der Waals surface area (Å²) in [6, 6.07) is 12.7. The smallest absolute Gasteiger partial charge is 0.273 e. The zero-order valence-electron chi connectivity index (χ0n) is 22.5. The van der Waals surface area contributed by atoms with Crippen molar-refractivity contribution in [3.63, 3.8) is 0 Å². The molecule has 2 aliphatic heterocycles. The third-order valence-electron chi connectivity index (χ3n) is 7.58. The lowest BCUT2D eigenvalue weighted by Crippen LogP contribution is -2.39. The summed E-state index contributed by atoms with van der Waals surface area (Å²) in [5.74, 6) is 0.446. The van der Waals surface area contributed by atoms with Crippen molar-refractivity contribution in [3.8, 4) is 11.4 Å². The first-order valence-electron chi connectivity index (χ1n) is 13.2. The van der Waals surface area contributed by atoms with Crippen molar-refractivity contribution in [1.29, 1.82) is 0 Å². The predicted octanol–water partition coefficient (Wildman–Crippen LogP) is 4.10. The number of morpholine rings is 1. The Labute approximate surface area is 233 Å². The quantitative estimate of drug-likeness (QED) is 0.240. The molecule has 0 amide bonds. The van der Waals surface area contributed by atoms with Gasteiger partial charge in [-0.25, -0.2) is 0 Å². The van der Waals surface area contributed by atoms with Gasteiger partial charge in [0.2, 0.25) is 0 Å². The second-order valence-electron chi connectivity index (χ2n) is 9.90. The number of non-ortho nitro benzene ring substituents is 1. The van der Waals surface area contributed by atoms with Gasteiger partial charge in [0.15, 0.2) is 5.11 Å². The van der Waals surface area contributed by atoms with Gasteiger partial charge in [0.05, 0.1) is 54.8 Å². The van der Waals surface area contributed by atoms with Crippen LogP contribution < -0.4 is 10.1 Å². The molecule has 0 aliphatic carbocycles. The minimum Gasteiger partial charge on any atom is -0.494 e. The van der Waals surface area contributed by atoms with Crippen LogP contribution in [0.4, 0.5) is 5.69 Å². The summed E-state index contributed by atoms with van der Waals surface area (Å²) in [4.78, 5) is 20.3. The highest BCUT2D eigenvalue weighted by Gasteiger charge is 2.41. The van der Waals surface area contributed by atoms with Crippen LogP contribution in [0.15, 0.2) is 48.7 Å². The number of thiocarbonyl (C=S) groups is 1. The average Bonchev–Trinajstić information content (AvgIpc) is 3.43. The van der Waals surface area contributed by atoms with Crippen LogP contribution in [0.2, 0.25) is 0 Å². The Bertz CT molecular complexity index is 1340. The van der Waals surface area contributed by atoms with Gasteiger partial charge in [-0.2, -0.15) is 0 Å². The number of nitrogens with one attached hydrogen (secondary N) is 1.